The zero-order valence-electron chi connectivity index (χ0n) is 12.3. The Labute approximate surface area is 125 Å². The van der Waals surface area contributed by atoms with Gasteiger partial charge in [0.25, 0.3) is 0 Å². The number of para-hydroxylation sites is 1. The Morgan fingerprint density at radius 3 is 2.95 bits per heavy atom. The molecule has 3 nitrogen and oxygen atoms in total. The molecule has 0 N–H and O–H groups in total. The summed E-state index contributed by atoms with van der Waals surface area (Å²) in [5, 5.41) is 1.12. The van der Waals surface area contributed by atoms with Crippen LogP contribution in [0.3, 0.4) is 0 Å². The van der Waals surface area contributed by atoms with Crippen LogP contribution in [0.1, 0.15) is 38.5 Å². The van der Waals surface area contributed by atoms with E-state index >= 15 is 0 Å². The predicted octanol–water partition coefficient (Wildman–Crippen LogP) is 4.11. The number of aromatic nitrogens is 1. The van der Waals surface area contributed by atoms with E-state index in [9.17, 15) is 0 Å². The average molecular weight is 283 g/mol. The number of nitrogens with zero attached hydrogens (tertiary/aromatic N) is 1. The highest BCUT2D eigenvalue weighted by atomic mass is 16.6. The number of pyridine rings is 1. The van der Waals surface area contributed by atoms with Gasteiger partial charge in [-0.25, -0.2) is 0 Å². The van der Waals surface area contributed by atoms with Crippen molar-refractivity contribution in [1.29, 1.82) is 0 Å². The minimum absolute atomic E-state index is 0.190. The molecule has 2 aromatic rings. The standard InChI is InChI=1S/C18H21NO2/c1-2-6-17-14(5-1)11-16(12-19-17)20-13-15-7-10-18(21-15)8-3-4-9-18/h1-2,5-6,11-12,15H,3-4,7-10,13H2. The normalized spacial score (nSPS) is 23.9. The molecule has 1 saturated carbocycles. The van der Waals surface area contributed by atoms with Gasteiger partial charge >= 0.3 is 0 Å². The third-order valence-electron chi connectivity index (χ3n) is 4.85. The number of hydrogen-bond acceptors (Lipinski definition) is 3. The maximum absolute atomic E-state index is 6.27. The van der Waals surface area contributed by atoms with Gasteiger partial charge in [-0.05, 0) is 37.8 Å². The number of hydrogen-bond donors (Lipinski definition) is 0. The minimum atomic E-state index is 0.190. The number of fused-ring (bicyclic) bond motifs is 1. The van der Waals surface area contributed by atoms with Crippen LogP contribution in [0, 0.1) is 0 Å². The predicted molar refractivity (Wildman–Crippen MR) is 82.5 cm³/mol. The quantitative estimate of drug-likeness (QED) is 0.849. The van der Waals surface area contributed by atoms with E-state index in [1.54, 1.807) is 0 Å². The SMILES string of the molecule is c1ccc2ncc(OCC3CCC4(CCCC4)O3)cc2c1. The van der Waals surface area contributed by atoms with Crippen molar-refractivity contribution in [1.82, 2.24) is 4.98 Å². The molecule has 4 rings (SSSR count). The summed E-state index contributed by atoms with van der Waals surface area (Å²) < 4.78 is 12.2. The summed E-state index contributed by atoms with van der Waals surface area (Å²) in [6.07, 6.45) is 9.50. The van der Waals surface area contributed by atoms with Crippen molar-refractivity contribution in [2.45, 2.75) is 50.2 Å². The highest BCUT2D eigenvalue weighted by Gasteiger charge is 2.42. The van der Waals surface area contributed by atoms with Gasteiger partial charge in [0.2, 0.25) is 0 Å². The molecule has 21 heavy (non-hydrogen) atoms. The first kappa shape index (κ1) is 13.1. The van der Waals surface area contributed by atoms with E-state index in [0.29, 0.717) is 6.61 Å². The zero-order valence-corrected chi connectivity index (χ0v) is 12.3. The fourth-order valence-electron chi connectivity index (χ4n) is 3.72. The van der Waals surface area contributed by atoms with E-state index in [0.717, 1.165) is 23.1 Å². The summed E-state index contributed by atoms with van der Waals surface area (Å²) >= 11 is 0. The molecule has 1 saturated heterocycles. The molecular weight excluding hydrogens is 262 g/mol. The van der Waals surface area contributed by atoms with Crippen LogP contribution in [0.5, 0.6) is 5.75 Å². The Balaban J connectivity index is 1.39. The summed E-state index contributed by atoms with van der Waals surface area (Å²) in [7, 11) is 0. The highest BCUT2D eigenvalue weighted by Crippen LogP contribution is 2.43. The Morgan fingerprint density at radius 1 is 1.19 bits per heavy atom. The van der Waals surface area contributed by atoms with Gasteiger partial charge < -0.3 is 9.47 Å². The Kier molecular flexibility index (Phi) is 3.30. The maximum atomic E-state index is 6.27. The van der Waals surface area contributed by atoms with E-state index in [4.69, 9.17) is 9.47 Å². The monoisotopic (exact) mass is 283 g/mol. The molecule has 0 amide bonds. The molecule has 1 aromatic heterocycles. The lowest BCUT2D eigenvalue weighted by atomic mass is 9.98. The molecule has 0 radical (unpaired) electrons. The third-order valence-corrected chi connectivity index (χ3v) is 4.85. The zero-order chi connectivity index (χ0) is 14.1. The van der Waals surface area contributed by atoms with Crippen LogP contribution >= 0.6 is 0 Å². The number of rotatable bonds is 3. The topological polar surface area (TPSA) is 31.4 Å². The van der Waals surface area contributed by atoms with Crippen molar-refractivity contribution < 1.29 is 9.47 Å². The first-order chi connectivity index (χ1) is 10.3. The van der Waals surface area contributed by atoms with Gasteiger partial charge in [0.1, 0.15) is 12.4 Å². The van der Waals surface area contributed by atoms with E-state index in [-0.39, 0.29) is 11.7 Å². The van der Waals surface area contributed by atoms with Crippen molar-refractivity contribution in [3.05, 3.63) is 36.5 Å². The summed E-state index contributed by atoms with van der Waals surface area (Å²) in [6.45, 7) is 0.641. The lowest BCUT2D eigenvalue weighted by Gasteiger charge is -2.23. The molecule has 0 bridgehead atoms. The van der Waals surface area contributed by atoms with E-state index in [1.807, 2.05) is 24.4 Å². The Hall–Kier alpha value is -1.61. The lowest BCUT2D eigenvalue weighted by Crippen LogP contribution is -2.27. The van der Waals surface area contributed by atoms with Gasteiger partial charge in [0.15, 0.2) is 0 Å². The smallest absolute Gasteiger partial charge is 0.138 e. The summed E-state index contributed by atoms with van der Waals surface area (Å²) in [6, 6.07) is 10.2. The van der Waals surface area contributed by atoms with Gasteiger partial charge in [0, 0.05) is 5.39 Å². The Morgan fingerprint density at radius 2 is 2.05 bits per heavy atom. The largest absolute Gasteiger partial charge is 0.489 e. The van der Waals surface area contributed by atoms with Crippen LogP contribution in [0.25, 0.3) is 10.9 Å². The fourth-order valence-corrected chi connectivity index (χ4v) is 3.72. The molecule has 1 atom stereocenters. The first-order valence-electron chi connectivity index (χ1n) is 7.98. The molecule has 1 aliphatic heterocycles. The fraction of sp³-hybridized carbons (Fsp3) is 0.500. The van der Waals surface area contributed by atoms with Crippen LogP contribution in [0.2, 0.25) is 0 Å². The van der Waals surface area contributed by atoms with Crippen molar-refractivity contribution >= 4 is 10.9 Å². The van der Waals surface area contributed by atoms with E-state index in [1.165, 1.54) is 32.1 Å². The molecule has 110 valence electrons. The van der Waals surface area contributed by atoms with Crippen LogP contribution in [0.15, 0.2) is 36.5 Å². The van der Waals surface area contributed by atoms with Gasteiger partial charge in [0.05, 0.1) is 23.4 Å². The Bertz CT molecular complexity index is 634. The summed E-state index contributed by atoms with van der Waals surface area (Å²) in [4.78, 5) is 4.43. The third kappa shape index (κ3) is 2.62. The maximum Gasteiger partial charge on any atom is 0.138 e. The van der Waals surface area contributed by atoms with Crippen molar-refractivity contribution in [3.63, 3.8) is 0 Å². The molecule has 2 fully saturated rings. The molecule has 1 spiro atoms. The molecule has 2 heterocycles. The average Bonchev–Trinajstić information content (AvgIpc) is 3.15. The van der Waals surface area contributed by atoms with Gasteiger partial charge in [-0.2, -0.15) is 0 Å². The number of benzene rings is 1. The minimum Gasteiger partial charge on any atom is -0.489 e. The molecule has 1 aliphatic carbocycles. The van der Waals surface area contributed by atoms with Crippen molar-refractivity contribution in [3.8, 4) is 5.75 Å². The second-order valence-corrected chi connectivity index (χ2v) is 6.34. The second kappa shape index (κ2) is 5.30. The van der Waals surface area contributed by atoms with Gasteiger partial charge in [-0.15, -0.1) is 0 Å². The van der Waals surface area contributed by atoms with Crippen LogP contribution in [-0.2, 0) is 4.74 Å². The van der Waals surface area contributed by atoms with Gasteiger partial charge in [-0.1, -0.05) is 31.0 Å². The van der Waals surface area contributed by atoms with E-state index < -0.39 is 0 Å². The van der Waals surface area contributed by atoms with Crippen molar-refractivity contribution in [2.75, 3.05) is 6.61 Å². The number of ether oxygens (including phenoxy) is 2. The van der Waals surface area contributed by atoms with Crippen LogP contribution < -0.4 is 4.74 Å². The first-order valence-corrected chi connectivity index (χ1v) is 7.98. The highest BCUT2D eigenvalue weighted by molar-refractivity contribution is 5.79. The molecule has 2 aliphatic rings. The van der Waals surface area contributed by atoms with Gasteiger partial charge in [-0.3, -0.25) is 4.98 Å². The van der Waals surface area contributed by atoms with Crippen LogP contribution in [-0.4, -0.2) is 23.3 Å². The molecular formula is C18H21NO2. The summed E-state index contributed by atoms with van der Waals surface area (Å²) in [5.74, 6) is 0.838. The molecule has 1 unspecified atom stereocenters. The second-order valence-electron chi connectivity index (χ2n) is 6.34. The molecule has 1 aromatic carbocycles. The lowest BCUT2D eigenvalue weighted by molar-refractivity contribution is -0.0509. The van der Waals surface area contributed by atoms with Crippen molar-refractivity contribution in [2.24, 2.45) is 0 Å². The summed E-state index contributed by atoms with van der Waals surface area (Å²) in [5.41, 5.74) is 1.20. The van der Waals surface area contributed by atoms with E-state index in [2.05, 4.69) is 17.1 Å². The van der Waals surface area contributed by atoms with Crippen LogP contribution in [0.4, 0.5) is 0 Å². The molecule has 3 heteroatoms.